The van der Waals surface area contributed by atoms with E-state index in [4.69, 9.17) is 4.74 Å². The molecule has 0 bridgehead atoms. The van der Waals surface area contributed by atoms with Gasteiger partial charge in [0.25, 0.3) is 0 Å². The third-order valence-corrected chi connectivity index (χ3v) is 11.2. The van der Waals surface area contributed by atoms with Gasteiger partial charge in [-0.3, -0.25) is 9.69 Å². The maximum Gasteiger partial charge on any atom is 0.309 e. The number of methoxy groups -OCH3 is 1. The summed E-state index contributed by atoms with van der Waals surface area (Å²) in [5, 5.41) is 0. The maximum absolute atomic E-state index is 12.1. The molecule has 0 aliphatic heterocycles. The number of rotatable bonds is 17. The smallest absolute Gasteiger partial charge is 0.309 e. The topological polar surface area (TPSA) is 29.5 Å². The predicted molar refractivity (Wildman–Crippen MR) is 134 cm³/mol. The molecule has 172 valence electrons. The molecule has 3 nitrogen and oxygen atoms in total. The highest BCUT2D eigenvalue weighted by Crippen LogP contribution is 2.60. The first-order valence-electron chi connectivity index (χ1n) is 12.2. The Balaban J connectivity index is 2.94. The van der Waals surface area contributed by atoms with E-state index in [0.29, 0.717) is 0 Å². The molecule has 30 heavy (non-hydrogen) atoms. The first-order valence-corrected chi connectivity index (χ1v) is 14.7. The lowest BCUT2D eigenvalue weighted by molar-refractivity contribution is -0.145. The number of ether oxygens (including phenoxy) is 1. The Morgan fingerprint density at radius 1 is 0.933 bits per heavy atom. The lowest BCUT2D eigenvalue weighted by Crippen LogP contribution is -2.35. The molecule has 0 fully saturated rings. The van der Waals surface area contributed by atoms with Gasteiger partial charge in [0, 0.05) is 26.9 Å². The summed E-state index contributed by atoms with van der Waals surface area (Å²) < 4.78 is 5.01. The second-order valence-corrected chi connectivity index (χ2v) is 13.4. The van der Waals surface area contributed by atoms with Crippen LogP contribution in [-0.2, 0) is 16.1 Å². The Hall–Kier alpha value is -0.920. The molecule has 4 heteroatoms. The summed E-state index contributed by atoms with van der Waals surface area (Å²) >= 11 is 0. The second kappa shape index (κ2) is 15.8. The number of hydrogen-bond donors (Lipinski definition) is 0. The van der Waals surface area contributed by atoms with Crippen LogP contribution in [0.1, 0.15) is 71.8 Å². The van der Waals surface area contributed by atoms with Crippen molar-refractivity contribution in [1.29, 1.82) is 0 Å². The van der Waals surface area contributed by atoms with Gasteiger partial charge in [-0.15, -0.1) is 0 Å². The molecule has 1 aromatic rings. The number of nitrogens with zero attached hydrogens (tertiary/aromatic N) is 1. The fraction of sp³-hybridized carbons (Fsp3) is 0.731. The van der Waals surface area contributed by atoms with Crippen LogP contribution in [-0.4, -0.2) is 55.7 Å². The van der Waals surface area contributed by atoms with Gasteiger partial charge in [0.2, 0.25) is 0 Å². The summed E-state index contributed by atoms with van der Waals surface area (Å²) in [6.07, 6.45) is 13.7. The predicted octanol–water partition coefficient (Wildman–Crippen LogP) is 6.72. The molecule has 1 atom stereocenters. The third-order valence-electron chi connectivity index (χ3n) is 6.23. The normalized spacial score (nSPS) is 12.9. The molecule has 0 heterocycles. The molecular weight excluding hydrogens is 389 g/mol. The highest BCUT2D eigenvalue weighted by molar-refractivity contribution is 7.75. The zero-order valence-corrected chi connectivity index (χ0v) is 21.3. The van der Waals surface area contributed by atoms with Crippen molar-refractivity contribution in [3.8, 4) is 0 Å². The number of hydrogen-bond acceptors (Lipinski definition) is 3. The van der Waals surface area contributed by atoms with E-state index in [0.717, 1.165) is 19.6 Å². The van der Waals surface area contributed by atoms with Crippen LogP contribution in [0.4, 0.5) is 0 Å². The van der Waals surface area contributed by atoms with Crippen LogP contribution in [0.5, 0.6) is 0 Å². The minimum Gasteiger partial charge on any atom is -0.469 e. The Labute approximate surface area is 187 Å². The van der Waals surface area contributed by atoms with E-state index >= 15 is 0 Å². The summed E-state index contributed by atoms with van der Waals surface area (Å²) in [7, 11) is 0.561. The SMILES string of the molecule is CCCC[P+](CCCC)(CCCC)CCN(Cc1ccccc1)CC(C)C(=O)OC. The molecule has 0 aliphatic carbocycles. The monoisotopic (exact) mass is 436 g/mol. The van der Waals surface area contributed by atoms with Crippen LogP contribution in [0.25, 0.3) is 0 Å². The van der Waals surface area contributed by atoms with E-state index in [1.54, 1.807) is 0 Å². The first kappa shape index (κ1) is 27.1. The van der Waals surface area contributed by atoms with Gasteiger partial charge in [-0.2, -0.15) is 0 Å². The van der Waals surface area contributed by atoms with Crippen LogP contribution >= 0.6 is 7.26 Å². The Morgan fingerprint density at radius 2 is 1.47 bits per heavy atom. The summed E-state index contributed by atoms with van der Waals surface area (Å²) in [5.74, 6) is -0.189. The number of unbranched alkanes of at least 4 members (excludes halogenated alkanes) is 3. The van der Waals surface area contributed by atoms with Crippen LogP contribution < -0.4 is 0 Å². The van der Waals surface area contributed by atoms with E-state index in [1.807, 2.05) is 6.92 Å². The molecular formula is C26H47NO2P+. The largest absolute Gasteiger partial charge is 0.469 e. The van der Waals surface area contributed by atoms with Crippen LogP contribution in [0.3, 0.4) is 0 Å². The van der Waals surface area contributed by atoms with Crippen LogP contribution in [0, 0.1) is 5.92 Å². The lowest BCUT2D eigenvalue weighted by Gasteiger charge is -2.32. The standard InChI is InChI=1S/C26H47NO2P/c1-6-9-18-30(19-10-7-2,20-11-8-3)21-17-27(22-24(4)26(28)29-5)23-25-15-13-12-14-16-25/h12-16,24H,6-11,17-23H2,1-5H3/q+1. The van der Waals surface area contributed by atoms with Crippen molar-refractivity contribution in [3.63, 3.8) is 0 Å². The number of carbonyl (C=O) groups excluding carboxylic acids is 1. The van der Waals surface area contributed by atoms with Gasteiger partial charge in [0.05, 0.1) is 37.7 Å². The number of carbonyl (C=O) groups is 1. The van der Waals surface area contributed by atoms with Crippen LogP contribution in [0.2, 0.25) is 0 Å². The molecule has 0 aliphatic rings. The Morgan fingerprint density at radius 3 is 1.93 bits per heavy atom. The minimum absolute atomic E-state index is 0.0895. The molecule has 0 saturated carbocycles. The van der Waals surface area contributed by atoms with Crippen molar-refractivity contribution in [2.75, 3.05) is 44.8 Å². The van der Waals surface area contributed by atoms with E-state index < -0.39 is 7.26 Å². The fourth-order valence-corrected chi connectivity index (χ4v) is 9.25. The Bertz CT molecular complexity index is 542. The summed E-state index contributed by atoms with van der Waals surface area (Å²) in [6.45, 7) is 11.8. The van der Waals surface area contributed by atoms with Gasteiger partial charge < -0.3 is 4.74 Å². The second-order valence-electron chi connectivity index (χ2n) is 8.94. The van der Waals surface area contributed by atoms with Crippen molar-refractivity contribution in [1.82, 2.24) is 4.90 Å². The van der Waals surface area contributed by atoms with Crippen molar-refractivity contribution in [2.24, 2.45) is 5.92 Å². The lowest BCUT2D eigenvalue weighted by atomic mass is 10.1. The van der Waals surface area contributed by atoms with Crippen molar-refractivity contribution >= 4 is 13.2 Å². The average Bonchev–Trinajstić information content (AvgIpc) is 2.78. The molecule has 1 aromatic carbocycles. The third kappa shape index (κ3) is 10.4. The minimum atomic E-state index is -0.936. The first-order chi connectivity index (χ1) is 14.5. The molecule has 0 spiro atoms. The van der Waals surface area contributed by atoms with Gasteiger partial charge >= 0.3 is 5.97 Å². The average molecular weight is 437 g/mol. The number of esters is 1. The van der Waals surface area contributed by atoms with E-state index in [1.165, 1.54) is 75.8 Å². The highest BCUT2D eigenvalue weighted by Gasteiger charge is 2.35. The number of benzene rings is 1. The highest BCUT2D eigenvalue weighted by atomic mass is 31.2. The van der Waals surface area contributed by atoms with Crippen LogP contribution in [0.15, 0.2) is 30.3 Å². The maximum atomic E-state index is 12.1. The van der Waals surface area contributed by atoms with E-state index in [9.17, 15) is 4.79 Å². The molecule has 0 saturated heterocycles. The summed E-state index contributed by atoms with van der Waals surface area (Å²) in [4.78, 5) is 14.6. The van der Waals surface area contributed by atoms with Crippen molar-refractivity contribution in [3.05, 3.63) is 35.9 Å². The zero-order chi connectivity index (χ0) is 22.2. The quantitative estimate of drug-likeness (QED) is 0.201. The van der Waals surface area contributed by atoms with E-state index in [-0.39, 0.29) is 11.9 Å². The van der Waals surface area contributed by atoms with Gasteiger partial charge in [-0.05, 0) is 24.8 Å². The molecule has 1 unspecified atom stereocenters. The molecule has 0 amide bonds. The molecule has 1 rings (SSSR count). The summed E-state index contributed by atoms with van der Waals surface area (Å²) in [6, 6.07) is 10.7. The molecule has 0 aromatic heterocycles. The Kier molecular flexibility index (Phi) is 14.3. The van der Waals surface area contributed by atoms with Crippen molar-refractivity contribution in [2.45, 2.75) is 72.8 Å². The molecule has 0 radical (unpaired) electrons. The molecule has 0 N–H and O–H groups in total. The van der Waals surface area contributed by atoms with E-state index in [2.05, 4.69) is 56.0 Å². The zero-order valence-electron chi connectivity index (χ0n) is 20.4. The van der Waals surface area contributed by atoms with Gasteiger partial charge in [-0.1, -0.05) is 77.3 Å². The van der Waals surface area contributed by atoms with Gasteiger partial charge in [0.15, 0.2) is 0 Å². The van der Waals surface area contributed by atoms with Gasteiger partial charge in [-0.25, -0.2) is 0 Å². The van der Waals surface area contributed by atoms with Crippen molar-refractivity contribution < 1.29 is 9.53 Å². The van der Waals surface area contributed by atoms with Gasteiger partial charge in [0.1, 0.15) is 0 Å². The fourth-order valence-electron chi connectivity index (χ4n) is 4.24. The summed E-state index contributed by atoms with van der Waals surface area (Å²) in [5.41, 5.74) is 1.33.